The molecule has 0 atom stereocenters. The minimum Gasteiger partial charge on any atom is -0.308 e. The van der Waals surface area contributed by atoms with Crippen molar-refractivity contribution < 1.29 is 9.59 Å². The number of anilines is 1. The molecule has 6 nitrogen and oxygen atoms in total. The van der Waals surface area contributed by atoms with Crippen LogP contribution in [0.3, 0.4) is 0 Å². The van der Waals surface area contributed by atoms with Gasteiger partial charge in [-0.1, -0.05) is 84.9 Å². The molecule has 46 heavy (non-hydrogen) atoms. The van der Waals surface area contributed by atoms with Crippen LogP contribution < -0.4 is 4.90 Å². The van der Waals surface area contributed by atoms with Crippen LogP contribution in [0.5, 0.6) is 0 Å². The second kappa shape index (κ2) is 10.4. The van der Waals surface area contributed by atoms with Gasteiger partial charge in [0.05, 0.1) is 56.8 Å². The fourth-order valence-corrected chi connectivity index (χ4v) is 6.48. The van der Waals surface area contributed by atoms with E-state index in [1.165, 1.54) is 4.90 Å². The molecule has 0 saturated heterocycles. The van der Waals surface area contributed by atoms with Crippen LogP contribution in [0.15, 0.2) is 133 Å². The van der Waals surface area contributed by atoms with E-state index in [1.807, 2.05) is 95.6 Å². The van der Waals surface area contributed by atoms with E-state index in [0.29, 0.717) is 39.2 Å². The molecule has 0 aliphatic carbocycles. The summed E-state index contributed by atoms with van der Waals surface area (Å²) in [6.07, 6.45) is 0. The van der Waals surface area contributed by atoms with Crippen molar-refractivity contribution in [3.8, 4) is 40.1 Å². The van der Waals surface area contributed by atoms with Crippen LogP contribution in [-0.2, 0) is 0 Å². The van der Waals surface area contributed by atoms with E-state index in [2.05, 4.69) is 12.1 Å². The van der Waals surface area contributed by atoms with Crippen molar-refractivity contribution in [2.45, 2.75) is 0 Å². The van der Waals surface area contributed by atoms with Crippen molar-refractivity contribution >= 4 is 39.3 Å². The molecule has 2 heterocycles. The Morgan fingerprint density at radius 2 is 1.24 bits per heavy atom. The van der Waals surface area contributed by atoms with Crippen LogP contribution >= 0.6 is 0 Å². The van der Waals surface area contributed by atoms with Crippen molar-refractivity contribution in [3.05, 3.63) is 156 Å². The molecule has 1 aliphatic rings. The van der Waals surface area contributed by atoms with Crippen LogP contribution in [0.2, 0.25) is 0 Å². The molecule has 0 N–H and O–H groups in total. The Balaban J connectivity index is 1.29. The Hall–Kier alpha value is -6.76. The zero-order valence-electron chi connectivity index (χ0n) is 24.3. The minimum atomic E-state index is -0.385. The van der Waals surface area contributed by atoms with Crippen molar-refractivity contribution in [3.63, 3.8) is 0 Å². The normalized spacial score (nSPS) is 12.3. The lowest BCUT2D eigenvalue weighted by atomic mass is 9.97. The van der Waals surface area contributed by atoms with Crippen molar-refractivity contribution in [1.82, 2.24) is 4.57 Å². The molecule has 6 aromatic carbocycles. The number of imide groups is 1. The van der Waals surface area contributed by atoms with Gasteiger partial charge in [-0.25, -0.2) is 4.90 Å². The molecule has 1 aliphatic heterocycles. The molecule has 0 spiro atoms. The van der Waals surface area contributed by atoms with Gasteiger partial charge < -0.3 is 4.57 Å². The first kappa shape index (κ1) is 26.8. The number of amides is 2. The summed E-state index contributed by atoms with van der Waals surface area (Å²) < 4.78 is 2.02. The first-order valence-corrected chi connectivity index (χ1v) is 14.7. The van der Waals surface area contributed by atoms with E-state index in [0.717, 1.165) is 38.5 Å². The molecule has 7 aromatic rings. The molecule has 8 rings (SSSR count). The van der Waals surface area contributed by atoms with Gasteiger partial charge in [0.2, 0.25) is 0 Å². The summed E-state index contributed by atoms with van der Waals surface area (Å²) in [6.45, 7) is 0. The molecule has 2 amide bonds. The van der Waals surface area contributed by atoms with Gasteiger partial charge in [-0.05, 0) is 70.8 Å². The Morgan fingerprint density at radius 1 is 0.522 bits per heavy atom. The highest BCUT2D eigenvalue weighted by atomic mass is 16.2. The number of fused-ring (bicyclic) bond motifs is 4. The van der Waals surface area contributed by atoms with Gasteiger partial charge >= 0.3 is 0 Å². The van der Waals surface area contributed by atoms with E-state index in [9.17, 15) is 20.1 Å². The van der Waals surface area contributed by atoms with Crippen molar-refractivity contribution in [2.24, 2.45) is 0 Å². The number of rotatable bonds is 4. The highest BCUT2D eigenvalue weighted by Crippen LogP contribution is 2.39. The number of aromatic nitrogens is 1. The Bertz CT molecular complexity index is 2480. The fraction of sp³-hybridized carbons (Fsp3) is 0. The average molecular weight is 591 g/mol. The quantitative estimate of drug-likeness (QED) is 0.192. The smallest absolute Gasteiger partial charge is 0.268 e. The largest absolute Gasteiger partial charge is 0.308 e. The predicted octanol–water partition coefficient (Wildman–Crippen LogP) is 8.66. The van der Waals surface area contributed by atoms with Crippen LogP contribution in [0.25, 0.3) is 49.7 Å². The number of para-hydroxylation sites is 1. The molecule has 0 bridgehead atoms. The third-order valence-corrected chi connectivity index (χ3v) is 8.62. The highest BCUT2D eigenvalue weighted by molar-refractivity contribution is 6.35. The zero-order valence-corrected chi connectivity index (χ0v) is 24.3. The first-order chi connectivity index (χ1) is 22.6. The third kappa shape index (κ3) is 4.02. The maximum Gasteiger partial charge on any atom is 0.268 e. The first-order valence-electron chi connectivity index (χ1n) is 14.7. The highest BCUT2D eigenvalue weighted by Gasteiger charge is 2.39. The number of carbonyl (C=O) groups excluding carboxylic acids is 2. The Labute approximate surface area is 264 Å². The molecule has 0 unspecified atom stereocenters. The lowest BCUT2D eigenvalue weighted by Crippen LogP contribution is -2.29. The van der Waals surface area contributed by atoms with Gasteiger partial charge in [0, 0.05) is 10.8 Å². The van der Waals surface area contributed by atoms with Crippen LogP contribution in [0, 0.1) is 22.7 Å². The molecule has 1 aromatic heterocycles. The Morgan fingerprint density at radius 3 is 2.02 bits per heavy atom. The number of nitriles is 2. The van der Waals surface area contributed by atoms with E-state index in [-0.39, 0.29) is 11.8 Å². The van der Waals surface area contributed by atoms with Crippen LogP contribution in [-0.4, -0.2) is 16.4 Å². The zero-order chi connectivity index (χ0) is 31.4. The second-order valence-electron chi connectivity index (χ2n) is 11.1. The van der Waals surface area contributed by atoms with E-state index >= 15 is 0 Å². The topological polar surface area (TPSA) is 89.9 Å². The predicted molar refractivity (Wildman–Crippen MR) is 179 cm³/mol. The van der Waals surface area contributed by atoms with Gasteiger partial charge in [0.25, 0.3) is 11.8 Å². The number of hydrogen-bond acceptors (Lipinski definition) is 4. The van der Waals surface area contributed by atoms with E-state index in [4.69, 9.17) is 0 Å². The summed E-state index contributed by atoms with van der Waals surface area (Å²) in [7, 11) is 0. The van der Waals surface area contributed by atoms with Gasteiger partial charge in [-0.2, -0.15) is 10.5 Å². The van der Waals surface area contributed by atoms with Gasteiger partial charge in [0.15, 0.2) is 0 Å². The lowest BCUT2D eigenvalue weighted by molar-refractivity contribution is 0.0926. The van der Waals surface area contributed by atoms with Gasteiger partial charge in [0.1, 0.15) is 0 Å². The van der Waals surface area contributed by atoms with E-state index < -0.39 is 0 Å². The summed E-state index contributed by atoms with van der Waals surface area (Å²) in [5.41, 5.74) is 7.85. The third-order valence-electron chi connectivity index (χ3n) is 8.62. The minimum absolute atomic E-state index is 0.337. The van der Waals surface area contributed by atoms with Crippen molar-refractivity contribution in [2.75, 3.05) is 4.90 Å². The maximum absolute atomic E-state index is 14.2. The molecule has 0 fully saturated rings. The lowest BCUT2D eigenvalue weighted by Gasteiger charge is -2.15. The van der Waals surface area contributed by atoms with Crippen LogP contribution in [0.4, 0.5) is 5.69 Å². The molecule has 0 radical (unpaired) electrons. The van der Waals surface area contributed by atoms with Gasteiger partial charge in [-0.3, -0.25) is 9.59 Å². The van der Waals surface area contributed by atoms with Crippen LogP contribution in [0.1, 0.15) is 31.8 Å². The SMILES string of the molecule is N#Cc1ccc(-c2ccc3c4ccccc4n(-c4cccc5c4C(=O)N(c4ccc(-c6ccccc6)cc4)C5=O)c3c2)c(C#N)c1. The number of benzene rings is 6. The molecular weight excluding hydrogens is 568 g/mol. The number of hydrogen-bond donors (Lipinski definition) is 0. The summed E-state index contributed by atoms with van der Waals surface area (Å²) in [5.74, 6) is -0.754. The van der Waals surface area contributed by atoms with Crippen molar-refractivity contribution in [1.29, 1.82) is 10.5 Å². The summed E-state index contributed by atoms with van der Waals surface area (Å²) in [6, 6.07) is 46.1. The standard InChI is InChI=1S/C40H22N4O2/c41-23-25-13-19-31(29(21-25)24-42)28-16-20-33-32-9-4-5-11-35(32)44(37(33)22-28)36-12-6-10-34-38(36)40(46)43(39(34)45)30-17-14-27(15-18-30)26-7-2-1-3-8-26/h1-22H. The van der Waals surface area contributed by atoms with Gasteiger partial charge in [-0.15, -0.1) is 0 Å². The Kier molecular flexibility index (Phi) is 6.10. The fourth-order valence-electron chi connectivity index (χ4n) is 6.48. The summed E-state index contributed by atoms with van der Waals surface area (Å²) in [4.78, 5) is 29.3. The number of carbonyl (C=O) groups is 2. The molecule has 0 saturated carbocycles. The number of nitrogens with zero attached hydrogens (tertiary/aromatic N) is 4. The molecule has 214 valence electrons. The summed E-state index contributed by atoms with van der Waals surface area (Å²) >= 11 is 0. The molecule has 6 heteroatoms. The van der Waals surface area contributed by atoms with E-state index in [1.54, 1.807) is 42.5 Å². The second-order valence-corrected chi connectivity index (χ2v) is 11.1. The summed E-state index contributed by atoms with van der Waals surface area (Å²) in [5, 5.41) is 21.2. The average Bonchev–Trinajstić information content (AvgIpc) is 3.58. The maximum atomic E-state index is 14.2. The monoisotopic (exact) mass is 590 g/mol. The molecular formula is C40H22N4O2.